The van der Waals surface area contributed by atoms with Gasteiger partial charge in [-0.15, -0.1) is 5.10 Å². The fourth-order valence-corrected chi connectivity index (χ4v) is 4.95. The van der Waals surface area contributed by atoms with E-state index in [0.29, 0.717) is 0 Å². The summed E-state index contributed by atoms with van der Waals surface area (Å²) in [6.07, 6.45) is -9.43. The number of nitrogens with zero attached hydrogens (tertiary/aromatic N) is 4. The molecule has 0 saturated heterocycles. The minimum atomic E-state index is -5.22. The Hall–Kier alpha value is -3.73. The van der Waals surface area contributed by atoms with Crippen LogP contribution in [0.3, 0.4) is 0 Å². The number of hydrogen-bond acceptors (Lipinski definition) is 7. The third-order valence-corrected chi connectivity index (χ3v) is 6.72. The van der Waals surface area contributed by atoms with Gasteiger partial charge >= 0.3 is 12.4 Å². The molecule has 2 amide bonds. The molecule has 0 spiro atoms. The molecule has 1 atom stereocenters. The number of anilines is 1. The van der Waals surface area contributed by atoms with E-state index in [1.54, 1.807) is 0 Å². The van der Waals surface area contributed by atoms with Crippen LogP contribution in [-0.2, 0) is 28.7 Å². The average molecular weight is 627 g/mol. The summed E-state index contributed by atoms with van der Waals surface area (Å²) < 4.78 is 101. The first-order chi connectivity index (χ1) is 18.8. The molecule has 10 nitrogen and oxygen atoms in total. The number of hydrogen-bond donors (Lipinski definition) is 2. The van der Waals surface area contributed by atoms with E-state index in [1.165, 1.54) is 38.1 Å². The Labute approximate surface area is 234 Å². The summed E-state index contributed by atoms with van der Waals surface area (Å²) >= 11 is 6.16. The summed E-state index contributed by atoms with van der Waals surface area (Å²) in [5, 5.41) is 7.78. The molecule has 0 unspecified atom stereocenters. The van der Waals surface area contributed by atoms with Gasteiger partial charge in [0.2, 0.25) is 5.82 Å². The second-order valence-electron chi connectivity index (χ2n) is 8.93. The molecule has 0 aliphatic carbocycles. The Morgan fingerprint density at radius 3 is 2.24 bits per heavy atom. The van der Waals surface area contributed by atoms with Crippen molar-refractivity contribution >= 4 is 38.9 Å². The molecule has 2 aromatic heterocycles. The Balaban J connectivity index is 1.84. The lowest BCUT2D eigenvalue weighted by Gasteiger charge is -2.16. The highest BCUT2D eigenvalue weighted by Gasteiger charge is 2.44. The molecule has 0 bridgehead atoms. The van der Waals surface area contributed by atoms with Crippen LogP contribution in [0.1, 0.15) is 50.7 Å². The van der Waals surface area contributed by atoms with E-state index in [2.05, 4.69) is 25.7 Å². The van der Waals surface area contributed by atoms with Gasteiger partial charge < -0.3 is 10.6 Å². The zero-order valence-electron chi connectivity index (χ0n) is 21.4. The fourth-order valence-electron chi connectivity index (χ4n) is 3.69. The minimum absolute atomic E-state index is 0.0322. The number of nitrogens with one attached hydrogen (secondary N) is 2. The van der Waals surface area contributed by atoms with Crippen molar-refractivity contribution in [1.82, 2.24) is 25.1 Å². The van der Waals surface area contributed by atoms with Crippen molar-refractivity contribution in [3.63, 3.8) is 0 Å². The van der Waals surface area contributed by atoms with E-state index in [4.69, 9.17) is 11.6 Å². The maximum absolute atomic E-state index is 13.2. The highest BCUT2D eigenvalue weighted by atomic mass is 35.5. The van der Waals surface area contributed by atoms with Crippen molar-refractivity contribution < 1.29 is 44.3 Å². The van der Waals surface area contributed by atoms with E-state index in [-0.39, 0.29) is 43.7 Å². The predicted molar refractivity (Wildman–Crippen MR) is 134 cm³/mol. The largest absolute Gasteiger partial charge is 0.453 e. The second kappa shape index (κ2) is 11.6. The standard InChI is InChI=1S/C23H21ClF6N6O4S/c1-11(10-41(3,39)40)31-19(38)17-14(5-4-6-15(17)24)18(37)33-16-8-7-13(32-12(16)2)9-36-21(23(28,29)30)34-20(35-36)22(25,26)27/h4-8,11H,9-10H2,1-3H3,(H,31,38)(H,33,37)/t11-/m0/s1. The van der Waals surface area contributed by atoms with Crippen LogP contribution in [0.25, 0.3) is 0 Å². The molecular weight excluding hydrogens is 606 g/mol. The Morgan fingerprint density at radius 2 is 1.68 bits per heavy atom. The summed E-state index contributed by atoms with van der Waals surface area (Å²) in [6.45, 7) is 2.02. The molecule has 222 valence electrons. The van der Waals surface area contributed by atoms with Crippen molar-refractivity contribution in [3.05, 3.63) is 69.5 Å². The van der Waals surface area contributed by atoms with Crippen LogP contribution in [0.4, 0.5) is 32.0 Å². The van der Waals surface area contributed by atoms with E-state index in [1.807, 2.05) is 0 Å². The maximum atomic E-state index is 13.2. The number of alkyl halides is 6. The molecule has 0 aliphatic heterocycles. The van der Waals surface area contributed by atoms with Gasteiger partial charge in [-0.1, -0.05) is 17.7 Å². The SMILES string of the molecule is Cc1nc(Cn2nc(C(F)(F)F)nc2C(F)(F)F)ccc1NC(=O)c1cccc(Cl)c1C(=O)N[C@@H](C)CS(C)(=O)=O. The number of sulfone groups is 1. The van der Waals surface area contributed by atoms with Gasteiger partial charge in [0.1, 0.15) is 9.84 Å². The number of carbonyl (C=O) groups excluding carboxylic acids is 2. The van der Waals surface area contributed by atoms with Gasteiger partial charge in [-0.3, -0.25) is 14.6 Å². The quantitative estimate of drug-likeness (QED) is 0.359. The number of rotatable bonds is 8. The molecule has 41 heavy (non-hydrogen) atoms. The van der Waals surface area contributed by atoms with Crippen LogP contribution in [0.15, 0.2) is 30.3 Å². The first-order valence-electron chi connectivity index (χ1n) is 11.4. The monoisotopic (exact) mass is 626 g/mol. The molecule has 0 saturated carbocycles. The van der Waals surface area contributed by atoms with Crippen LogP contribution >= 0.6 is 11.6 Å². The Bertz CT molecular complexity index is 1590. The highest BCUT2D eigenvalue weighted by Crippen LogP contribution is 2.33. The molecule has 18 heteroatoms. The number of pyridine rings is 1. The summed E-state index contributed by atoms with van der Waals surface area (Å²) in [5.41, 5.74) is -0.383. The lowest BCUT2D eigenvalue weighted by molar-refractivity contribution is -0.150. The van der Waals surface area contributed by atoms with Gasteiger partial charge in [0, 0.05) is 12.3 Å². The molecule has 1 aromatic carbocycles. The average Bonchev–Trinajstić information content (AvgIpc) is 3.24. The van der Waals surface area contributed by atoms with Crippen LogP contribution < -0.4 is 10.6 Å². The van der Waals surface area contributed by atoms with Crippen molar-refractivity contribution in [1.29, 1.82) is 0 Å². The van der Waals surface area contributed by atoms with Crippen molar-refractivity contribution in [2.24, 2.45) is 0 Å². The molecule has 3 rings (SSSR count). The van der Waals surface area contributed by atoms with E-state index in [9.17, 15) is 44.3 Å². The zero-order valence-corrected chi connectivity index (χ0v) is 22.9. The Morgan fingerprint density at radius 1 is 1.02 bits per heavy atom. The lowest BCUT2D eigenvalue weighted by Crippen LogP contribution is -2.38. The van der Waals surface area contributed by atoms with E-state index >= 15 is 0 Å². The molecule has 2 heterocycles. The number of halogens is 7. The molecule has 0 fully saturated rings. The second-order valence-corrected chi connectivity index (χ2v) is 11.5. The normalized spacial score (nSPS) is 13.1. The summed E-state index contributed by atoms with van der Waals surface area (Å²) in [4.78, 5) is 32.5. The molecule has 0 aliphatic rings. The van der Waals surface area contributed by atoms with Gasteiger partial charge in [0.25, 0.3) is 17.6 Å². The predicted octanol–water partition coefficient (Wildman–Crippen LogP) is 4.14. The highest BCUT2D eigenvalue weighted by molar-refractivity contribution is 7.90. The summed E-state index contributed by atoms with van der Waals surface area (Å²) in [7, 11) is -3.42. The number of amides is 2. The van der Waals surface area contributed by atoms with Crippen molar-refractivity contribution in [3.8, 4) is 0 Å². The maximum Gasteiger partial charge on any atom is 0.453 e. The van der Waals surface area contributed by atoms with Gasteiger partial charge in [-0.05, 0) is 38.1 Å². The van der Waals surface area contributed by atoms with Crippen LogP contribution in [0.2, 0.25) is 5.02 Å². The Kier molecular flexibility index (Phi) is 9.02. The molecule has 2 N–H and O–H groups in total. The fraction of sp³-hybridized carbons (Fsp3) is 0.348. The van der Waals surface area contributed by atoms with E-state index < -0.39 is 58.2 Å². The van der Waals surface area contributed by atoms with Crippen molar-refractivity contribution in [2.75, 3.05) is 17.3 Å². The molecule has 0 radical (unpaired) electrons. The van der Waals surface area contributed by atoms with Crippen LogP contribution in [0, 0.1) is 6.92 Å². The summed E-state index contributed by atoms with van der Waals surface area (Å²) in [5.74, 6) is -5.82. The van der Waals surface area contributed by atoms with Gasteiger partial charge in [0.05, 0.1) is 45.5 Å². The van der Waals surface area contributed by atoms with Crippen LogP contribution in [0.5, 0.6) is 0 Å². The smallest absolute Gasteiger partial charge is 0.348 e. The van der Waals surface area contributed by atoms with Crippen molar-refractivity contribution in [2.45, 2.75) is 38.8 Å². The third-order valence-electron chi connectivity index (χ3n) is 5.30. The topological polar surface area (TPSA) is 136 Å². The molecular formula is C23H21ClF6N6O4S. The first kappa shape index (κ1) is 31.8. The van der Waals surface area contributed by atoms with Gasteiger partial charge in [0.15, 0.2) is 0 Å². The first-order valence-corrected chi connectivity index (χ1v) is 13.8. The summed E-state index contributed by atoms with van der Waals surface area (Å²) in [6, 6.07) is 5.64. The third kappa shape index (κ3) is 8.16. The van der Waals surface area contributed by atoms with Gasteiger partial charge in [-0.25, -0.2) is 13.1 Å². The number of carbonyl (C=O) groups is 2. The number of aromatic nitrogens is 4. The molecule has 3 aromatic rings. The minimum Gasteiger partial charge on any atom is -0.348 e. The van der Waals surface area contributed by atoms with Crippen LogP contribution in [-0.4, -0.2) is 58.0 Å². The number of aryl methyl sites for hydroxylation is 1. The number of benzene rings is 1. The zero-order chi connectivity index (χ0) is 30.9. The van der Waals surface area contributed by atoms with E-state index in [0.717, 1.165) is 12.3 Å². The lowest BCUT2D eigenvalue weighted by atomic mass is 10.1. The van der Waals surface area contributed by atoms with Gasteiger partial charge in [-0.2, -0.15) is 31.3 Å².